The van der Waals surface area contributed by atoms with E-state index in [1.54, 1.807) is 0 Å². The molecule has 2 N–H and O–H groups in total. The van der Waals surface area contributed by atoms with Crippen LogP contribution in [0.15, 0.2) is 22.8 Å². The summed E-state index contributed by atoms with van der Waals surface area (Å²) in [5, 5.41) is 0. The van der Waals surface area contributed by atoms with Gasteiger partial charge in [0.15, 0.2) is 0 Å². The van der Waals surface area contributed by atoms with Crippen LogP contribution in [0.25, 0.3) is 11.3 Å². The van der Waals surface area contributed by atoms with E-state index in [4.69, 9.17) is 10.5 Å². The smallest absolute Gasteiger partial charge is 0.132 e. The second-order valence-electron chi connectivity index (χ2n) is 4.35. The van der Waals surface area contributed by atoms with Gasteiger partial charge < -0.3 is 15.0 Å². The Kier molecular flexibility index (Phi) is 2.87. The molecule has 94 valence electrons. The maximum absolute atomic E-state index is 5.68. The zero-order valence-corrected chi connectivity index (χ0v) is 11.7. The van der Waals surface area contributed by atoms with Crippen molar-refractivity contribution < 1.29 is 4.74 Å². The van der Waals surface area contributed by atoms with Gasteiger partial charge in [-0.05, 0) is 39.7 Å². The molecule has 4 nitrogen and oxygen atoms in total. The molecular formula is C13H14BrN3O. The van der Waals surface area contributed by atoms with Crippen LogP contribution in [0.3, 0.4) is 0 Å². The van der Waals surface area contributed by atoms with Crippen LogP contribution in [-0.4, -0.2) is 16.2 Å². The predicted octanol–water partition coefficient (Wildman–Crippen LogP) is 2.24. The van der Waals surface area contributed by atoms with E-state index in [1.165, 1.54) is 5.56 Å². The van der Waals surface area contributed by atoms with Crippen LogP contribution in [0.4, 0.5) is 0 Å². The summed E-state index contributed by atoms with van der Waals surface area (Å²) in [5.74, 6) is 1.87. The SMILES string of the molecule is Cn1c(CN)nc(Br)c1-c1ccc2c(c1)CCO2. The van der Waals surface area contributed by atoms with Crippen molar-refractivity contribution >= 4 is 15.9 Å². The molecule has 0 fully saturated rings. The number of imidazole rings is 1. The zero-order chi connectivity index (χ0) is 12.7. The first-order valence-corrected chi connectivity index (χ1v) is 6.67. The Hall–Kier alpha value is -1.33. The minimum Gasteiger partial charge on any atom is -0.493 e. The van der Waals surface area contributed by atoms with Crippen molar-refractivity contribution in [1.82, 2.24) is 9.55 Å². The molecule has 0 bridgehead atoms. The first-order chi connectivity index (χ1) is 8.70. The molecule has 0 atom stereocenters. The van der Waals surface area contributed by atoms with Gasteiger partial charge in [0.2, 0.25) is 0 Å². The van der Waals surface area contributed by atoms with Gasteiger partial charge in [-0.2, -0.15) is 0 Å². The molecule has 0 amide bonds. The Labute approximate surface area is 114 Å². The fourth-order valence-corrected chi connectivity index (χ4v) is 3.04. The number of hydrogen-bond acceptors (Lipinski definition) is 3. The van der Waals surface area contributed by atoms with E-state index in [0.717, 1.165) is 40.5 Å². The highest BCUT2D eigenvalue weighted by Gasteiger charge is 2.17. The largest absolute Gasteiger partial charge is 0.493 e. The highest BCUT2D eigenvalue weighted by molar-refractivity contribution is 9.10. The van der Waals surface area contributed by atoms with Crippen molar-refractivity contribution in [3.63, 3.8) is 0 Å². The van der Waals surface area contributed by atoms with Crippen molar-refractivity contribution in [2.45, 2.75) is 13.0 Å². The van der Waals surface area contributed by atoms with E-state index in [9.17, 15) is 0 Å². The van der Waals surface area contributed by atoms with Gasteiger partial charge in [-0.3, -0.25) is 0 Å². The Balaban J connectivity index is 2.12. The van der Waals surface area contributed by atoms with E-state index in [2.05, 4.69) is 33.0 Å². The lowest BCUT2D eigenvalue weighted by molar-refractivity contribution is 0.357. The molecule has 1 aromatic carbocycles. The molecular weight excluding hydrogens is 294 g/mol. The van der Waals surface area contributed by atoms with Crippen LogP contribution >= 0.6 is 15.9 Å². The fourth-order valence-electron chi connectivity index (χ4n) is 2.34. The summed E-state index contributed by atoms with van der Waals surface area (Å²) in [6, 6.07) is 6.26. The van der Waals surface area contributed by atoms with Crippen LogP contribution < -0.4 is 10.5 Å². The first kappa shape index (κ1) is 11.7. The minimum atomic E-state index is 0.434. The van der Waals surface area contributed by atoms with Gasteiger partial charge >= 0.3 is 0 Å². The maximum atomic E-state index is 5.68. The predicted molar refractivity (Wildman–Crippen MR) is 73.4 cm³/mol. The normalized spacial score (nSPS) is 13.5. The minimum absolute atomic E-state index is 0.434. The van der Waals surface area contributed by atoms with Gasteiger partial charge in [0.1, 0.15) is 16.2 Å². The Morgan fingerprint density at radius 3 is 3.06 bits per heavy atom. The van der Waals surface area contributed by atoms with E-state index >= 15 is 0 Å². The number of benzene rings is 1. The van der Waals surface area contributed by atoms with Crippen LogP contribution in [0, 0.1) is 0 Å². The third-order valence-electron chi connectivity index (χ3n) is 3.29. The molecule has 1 aliphatic rings. The highest BCUT2D eigenvalue weighted by Crippen LogP contribution is 2.33. The number of hydrogen-bond donors (Lipinski definition) is 1. The van der Waals surface area contributed by atoms with Crippen molar-refractivity contribution in [2.75, 3.05) is 6.61 Å². The molecule has 18 heavy (non-hydrogen) atoms. The lowest BCUT2D eigenvalue weighted by Crippen LogP contribution is -2.05. The number of nitrogens with zero attached hydrogens (tertiary/aromatic N) is 2. The summed E-state index contributed by atoms with van der Waals surface area (Å²) in [7, 11) is 1.99. The molecule has 0 saturated heterocycles. The third kappa shape index (κ3) is 1.74. The van der Waals surface area contributed by atoms with E-state index < -0.39 is 0 Å². The van der Waals surface area contributed by atoms with Gasteiger partial charge in [0, 0.05) is 19.0 Å². The van der Waals surface area contributed by atoms with Gasteiger partial charge in [-0.15, -0.1) is 0 Å². The average molecular weight is 308 g/mol. The number of halogens is 1. The lowest BCUT2D eigenvalue weighted by Gasteiger charge is -2.07. The molecule has 1 aliphatic heterocycles. The van der Waals surface area contributed by atoms with Gasteiger partial charge in [-0.1, -0.05) is 0 Å². The van der Waals surface area contributed by atoms with Crippen LogP contribution in [-0.2, 0) is 20.0 Å². The standard InChI is InChI=1S/C13H14BrN3O/c1-17-11(7-15)16-13(14)12(17)9-2-3-10-8(6-9)4-5-18-10/h2-3,6H,4-5,7,15H2,1H3. The molecule has 5 heteroatoms. The summed E-state index contributed by atoms with van der Waals surface area (Å²) in [5.41, 5.74) is 9.14. The van der Waals surface area contributed by atoms with E-state index in [-0.39, 0.29) is 0 Å². The van der Waals surface area contributed by atoms with Gasteiger partial charge in [0.05, 0.1) is 18.8 Å². The van der Waals surface area contributed by atoms with Crippen LogP contribution in [0.2, 0.25) is 0 Å². The number of ether oxygens (including phenoxy) is 1. The molecule has 0 spiro atoms. The maximum Gasteiger partial charge on any atom is 0.132 e. The first-order valence-electron chi connectivity index (χ1n) is 5.88. The number of nitrogens with two attached hydrogens (primary N) is 1. The summed E-state index contributed by atoms with van der Waals surface area (Å²) in [4.78, 5) is 4.42. The summed E-state index contributed by atoms with van der Waals surface area (Å²) in [6.45, 7) is 1.21. The molecule has 1 aromatic heterocycles. The monoisotopic (exact) mass is 307 g/mol. The molecule has 0 saturated carbocycles. The zero-order valence-electron chi connectivity index (χ0n) is 10.1. The van der Waals surface area contributed by atoms with Gasteiger partial charge in [-0.25, -0.2) is 4.98 Å². The van der Waals surface area contributed by atoms with Crippen LogP contribution in [0.1, 0.15) is 11.4 Å². The Morgan fingerprint density at radius 1 is 1.50 bits per heavy atom. The third-order valence-corrected chi connectivity index (χ3v) is 3.84. The second kappa shape index (κ2) is 4.40. The van der Waals surface area contributed by atoms with Gasteiger partial charge in [0.25, 0.3) is 0 Å². The topological polar surface area (TPSA) is 53.1 Å². The summed E-state index contributed by atoms with van der Waals surface area (Å²) < 4.78 is 8.39. The van der Waals surface area contributed by atoms with E-state index in [1.807, 2.05) is 17.7 Å². The second-order valence-corrected chi connectivity index (χ2v) is 5.10. The Morgan fingerprint density at radius 2 is 2.33 bits per heavy atom. The van der Waals surface area contributed by atoms with E-state index in [0.29, 0.717) is 6.54 Å². The Bertz CT molecular complexity index is 607. The molecule has 2 aromatic rings. The number of aromatic nitrogens is 2. The quantitative estimate of drug-likeness (QED) is 0.926. The summed E-state index contributed by atoms with van der Waals surface area (Å²) in [6.07, 6.45) is 0.975. The molecule has 2 heterocycles. The van der Waals surface area contributed by atoms with Crippen LogP contribution in [0.5, 0.6) is 5.75 Å². The number of rotatable bonds is 2. The van der Waals surface area contributed by atoms with Crippen molar-refractivity contribution in [3.05, 3.63) is 34.2 Å². The molecule has 3 rings (SSSR count). The average Bonchev–Trinajstić information content (AvgIpc) is 2.93. The highest BCUT2D eigenvalue weighted by atomic mass is 79.9. The lowest BCUT2D eigenvalue weighted by atomic mass is 10.1. The van der Waals surface area contributed by atoms with Crippen molar-refractivity contribution in [1.29, 1.82) is 0 Å². The summed E-state index contributed by atoms with van der Waals surface area (Å²) >= 11 is 3.51. The van der Waals surface area contributed by atoms with Crippen molar-refractivity contribution in [2.24, 2.45) is 12.8 Å². The van der Waals surface area contributed by atoms with Crippen molar-refractivity contribution in [3.8, 4) is 17.0 Å². The molecule has 0 radical (unpaired) electrons. The molecule has 0 unspecified atom stereocenters. The fraction of sp³-hybridized carbons (Fsp3) is 0.308. The molecule has 0 aliphatic carbocycles. The number of fused-ring (bicyclic) bond motifs is 1.